The number of hydrogen-bond donors (Lipinski definition) is 3. The minimum absolute atomic E-state index is 0.193. The molecule has 0 aliphatic carbocycles. The standard InChI is InChI=1S/C11H14FN5O3/c1-4-15-9(13)7-10(16-4)17(3-14-7)11-6(12)8(19)5(2-18)20-11/h3,5-6,8,11,18-19H,2H2,1H3,(H2,13,15,16)/t5-,6?,8+,11-/m1/s1. The molecule has 20 heavy (non-hydrogen) atoms. The molecular formula is C11H14FN5O3. The van der Waals surface area contributed by atoms with Crippen molar-refractivity contribution < 1.29 is 19.3 Å². The number of aliphatic hydroxyl groups is 2. The van der Waals surface area contributed by atoms with Crippen LogP contribution in [0.4, 0.5) is 10.2 Å². The molecule has 9 heteroatoms. The van der Waals surface area contributed by atoms with Gasteiger partial charge < -0.3 is 20.7 Å². The number of imidazole rings is 1. The first kappa shape index (κ1) is 13.2. The number of ether oxygens (including phenoxy) is 1. The molecule has 1 saturated heterocycles. The summed E-state index contributed by atoms with van der Waals surface area (Å²) in [6.07, 6.45) is -3.85. The molecule has 1 fully saturated rings. The predicted molar refractivity (Wildman–Crippen MR) is 66.4 cm³/mol. The topological polar surface area (TPSA) is 119 Å². The van der Waals surface area contributed by atoms with E-state index in [2.05, 4.69) is 15.0 Å². The quantitative estimate of drug-likeness (QED) is 0.667. The lowest BCUT2D eigenvalue weighted by molar-refractivity contribution is -0.0459. The monoisotopic (exact) mass is 283 g/mol. The number of nitrogens with zero attached hydrogens (tertiary/aromatic N) is 4. The van der Waals surface area contributed by atoms with E-state index in [1.165, 1.54) is 10.9 Å². The normalized spacial score (nSPS) is 30.2. The third-order valence-corrected chi connectivity index (χ3v) is 3.31. The smallest absolute Gasteiger partial charge is 0.173 e. The summed E-state index contributed by atoms with van der Waals surface area (Å²) in [7, 11) is 0. The van der Waals surface area contributed by atoms with Gasteiger partial charge in [0, 0.05) is 0 Å². The van der Waals surface area contributed by atoms with Crippen molar-refractivity contribution >= 4 is 17.0 Å². The van der Waals surface area contributed by atoms with Crippen LogP contribution in [-0.2, 0) is 4.74 Å². The van der Waals surface area contributed by atoms with Gasteiger partial charge in [-0.2, -0.15) is 0 Å². The number of aromatic nitrogens is 4. The minimum atomic E-state index is -1.69. The van der Waals surface area contributed by atoms with Gasteiger partial charge in [-0.1, -0.05) is 0 Å². The van der Waals surface area contributed by atoms with Crippen LogP contribution in [-0.4, -0.2) is 54.7 Å². The number of aliphatic hydroxyl groups excluding tert-OH is 2. The summed E-state index contributed by atoms with van der Waals surface area (Å²) >= 11 is 0. The van der Waals surface area contributed by atoms with Crippen LogP contribution in [0, 0.1) is 6.92 Å². The van der Waals surface area contributed by atoms with E-state index < -0.39 is 31.2 Å². The number of anilines is 1. The van der Waals surface area contributed by atoms with Crippen molar-refractivity contribution in [3.8, 4) is 0 Å². The lowest BCUT2D eigenvalue weighted by atomic mass is 10.1. The number of rotatable bonds is 2. The Balaban J connectivity index is 2.07. The fraction of sp³-hybridized carbons (Fsp3) is 0.545. The predicted octanol–water partition coefficient (Wildman–Crippen LogP) is -0.694. The highest BCUT2D eigenvalue weighted by Gasteiger charge is 2.45. The maximum Gasteiger partial charge on any atom is 0.173 e. The number of hydrogen-bond acceptors (Lipinski definition) is 7. The molecule has 3 rings (SSSR count). The summed E-state index contributed by atoms with van der Waals surface area (Å²) in [6.45, 7) is 1.18. The first-order valence-corrected chi connectivity index (χ1v) is 6.08. The van der Waals surface area contributed by atoms with Crippen LogP contribution in [0.15, 0.2) is 6.33 Å². The third-order valence-electron chi connectivity index (χ3n) is 3.31. The van der Waals surface area contributed by atoms with E-state index in [0.29, 0.717) is 17.0 Å². The Morgan fingerprint density at radius 2 is 2.25 bits per heavy atom. The zero-order valence-corrected chi connectivity index (χ0v) is 10.6. The van der Waals surface area contributed by atoms with Crippen LogP contribution in [0.25, 0.3) is 11.2 Å². The lowest BCUT2D eigenvalue weighted by Crippen LogP contribution is -2.30. The van der Waals surface area contributed by atoms with E-state index in [1.54, 1.807) is 6.92 Å². The zero-order valence-electron chi connectivity index (χ0n) is 10.6. The number of nitrogen functional groups attached to an aromatic ring is 1. The Morgan fingerprint density at radius 3 is 2.90 bits per heavy atom. The van der Waals surface area contributed by atoms with Gasteiger partial charge in [0.05, 0.1) is 12.9 Å². The van der Waals surface area contributed by atoms with Gasteiger partial charge in [0.1, 0.15) is 23.5 Å². The Kier molecular flexibility index (Phi) is 3.04. The molecular weight excluding hydrogens is 269 g/mol. The second-order valence-corrected chi connectivity index (χ2v) is 4.66. The molecule has 2 aromatic rings. The van der Waals surface area contributed by atoms with Crippen molar-refractivity contribution in [2.24, 2.45) is 0 Å². The summed E-state index contributed by atoms with van der Waals surface area (Å²) in [5.74, 6) is 0.614. The van der Waals surface area contributed by atoms with Crippen molar-refractivity contribution in [3.63, 3.8) is 0 Å². The van der Waals surface area contributed by atoms with Gasteiger partial charge in [-0.05, 0) is 6.92 Å². The highest BCUT2D eigenvalue weighted by molar-refractivity contribution is 5.81. The SMILES string of the molecule is Cc1nc(N)c2ncn([C@@H]3O[C@H](CO)[C@H](O)C3F)c2n1. The molecule has 1 aliphatic heterocycles. The van der Waals surface area contributed by atoms with Gasteiger partial charge in [-0.25, -0.2) is 19.3 Å². The molecule has 0 bridgehead atoms. The molecule has 8 nitrogen and oxygen atoms in total. The van der Waals surface area contributed by atoms with E-state index in [-0.39, 0.29) is 5.82 Å². The number of nitrogens with two attached hydrogens (primary N) is 1. The fourth-order valence-electron chi connectivity index (χ4n) is 2.32. The fourth-order valence-corrected chi connectivity index (χ4v) is 2.32. The van der Waals surface area contributed by atoms with E-state index in [1.807, 2.05) is 0 Å². The average Bonchev–Trinajstić information content (AvgIpc) is 2.93. The van der Waals surface area contributed by atoms with Crippen molar-refractivity contribution in [2.75, 3.05) is 12.3 Å². The highest BCUT2D eigenvalue weighted by atomic mass is 19.1. The van der Waals surface area contributed by atoms with Gasteiger partial charge in [0.25, 0.3) is 0 Å². The molecule has 2 aromatic heterocycles. The molecule has 0 spiro atoms. The van der Waals surface area contributed by atoms with Crippen LogP contribution in [0.2, 0.25) is 0 Å². The van der Waals surface area contributed by atoms with Gasteiger partial charge in [-0.15, -0.1) is 0 Å². The molecule has 3 heterocycles. The Hall–Kier alpha value is -1.84. The average molecular weight is 283 g/mol. The van der Waals surface area contributed by atoms with Crippen molar-refractivity contribution in [1.82, 2.24) is 19.5 Å². The number of aryl methyl sites for hydroxylation is 1. The summed E-state index contributed by atoms with van der Waals surface area (Å²) in [5, 5.41) is 18.7. The molecule has 108 valence electrons. The lowest BCUT2D eigenvalue weighted by Gasteiger charge is -2.15. The maximum absolute atomic E-state index is 14.1. The third kappa shape index (κ3) is 1.82. The Labute approximate surface area is 113 Å². The van der Waals surface area contributed by atoms with Crippen LogP contribution < -0.4 is 5.73 Å². The van der Waals surface area contributed by atoms with E-state index in [9.17, 15) is 9.50 Å². The highest BCUT2D eigenvalue weighted by Crippen LogP contribution is 2.33. The first-order valence-electron chi connectivity index (χ1n) is 6.08. The van der Waals surface area contributed by atoms with Crippen LogP contribution in [0.1, 0.15) is 12.1 Å². The summed E-state index contributed by atoms with van der Waals surface area (Å²) in [5.41, 5.74) is 6.40. The number of halogens is 1. The molecule has 1 aliphatic rings. The largest absolute Gasteiger partial charge is 0.394 e. The van der Waals surface area contributed by atoms with E-state index in [0.717, 1.165) is 0 Å². The molecule has 4 N–H and O–H groups in total. The molecule has 0 saturated carbocycles. The van der Waals surface area contributed by atoms with Gasteiger partial charge in [0.15, 0.2) is 23.9 Å². The molecule has 1 unspecified atom stereocenters. The summed E-state index contributed by atoms with van der Waals surface area (Å²) < 4.78 is 20.8. The van der Waals surface area contributed by atoms with Gasteiger partial charge >= 0.3 is 0 Å². The van der Waals surface area contributed by atoms with Crippen molar-refractivity contribution in [3.05, 3.63) is 12.2 Å². The van der Waals surface area contributed by atoms with Crippen LogP contribution >= 0.6 is 0 Å². The Bertz CT molecular complexity index is 648. The Morgan fingerprint density at radius 1 is 1.50 bits per heavy atom. The first-order chi connectivity index (χ1) is 9.52. The van der Waals surface area contributed by atoms with Gasteiger partial charge in [-0.3, -0.25) is 4.57 Å². The van der Waals surface area contributed by atoms with E-state index >= 15 is 0 Å². The number of alkyl halides is 1. The molecule has 0 radical (unpaired) electrons. The van der Waals surface area contributed by atoms with Crippen molar-refractivity contribution in [2.45, 2.75) is 31.5 Å². The minimum Gasteiger partial charge on any atom is -0.394 e. The maximum atomic E-state index is 14.1. The van der Waals surface area contributed by atoms with Crippen LogP contribution in [0.3, 0.4) is 0 Å². The number of fused-ring (bicyclic) bond motifs is 1. The second-order valence-electron chi connectivity index (χ2n) is 4.66. The zero-order chi connectivity index (χ0) is 14.4. The molecule has 0 amide bonds. The summed E-state index contributed by atoms with van der Waals surface area (Å²) in [4.78, 5) is 12.2. The molecule has 0 aromatic carbocycles. The van der Waals surface area contributed by atoms with Crippen LogP contribution in [0.5, 0.6) is 0 Å². The summed E-state index contributed by atoms with van der Waals surface area (Å²) in [6, 6.07) is 0. The van der Waals surface area contributed by atoms with Crippen molar-refractivity contribution in [1.29, 1.82) is 0 Å². The molecule has 4 atom stereocenters. The van der Waals surface area contributed by atoms with E-state index in [4.69, 9.17) is 15.6 Å². The second kappa shape index (κ2) is 4.62. The van der Waals surface area contributed by atoms with Gasteiger partial charge in [0.2, 0.25) is 0 Å².